The van der Waals surface area contributed by atoms with Gasteiger partial charge in [0.2, 0.25) is 0 Å². The van der Waals surface area contributed by atoms with E-state index in [1.807, 2.05) is 13.8 Å². The number of Topliss-reactive ketones (excluding diaryl/α,β-unsaturated/α-hetero) is 1. The summed E-state index contributed by atoms with van der Waals surface area (Å²) in [5.74, 6) is 1.09. The summed E-state index contributed by atoms with van der Waals surface area (Å²) in [6, 6.07) is 0. The number of hydrogen-bond donors (Lipinski definition) is 1. The van der Waals surface area contributed by atoms with E-state index in [-0.39, 0.29) is 23.9 Å². The number of ether oxygens (including phenoxy) is 1. The van der Waals surface area contributed by atoms with Gasteiger partial charge in [0.25, 0.3) is 0 Å². The average Bonchev–Trinajstić information content (AvgIpc) is 2.99. The monoisotopic (exact) mass is 382 g/mol. The summed E-state index contributed by atoms with van der Waals surface area (Å²) in [7, 11) is 0. The van der Waals surface area contributed by atoms with Gasteiger partial charge in [0, 0.05) is 12.3 Å². The molecule has 2 unspecified atom stereocenters. The van der Waals surface area contributed by atoms with Crippen LogP contribution in [0.1, 0.15) is 104 Å². The summed E-state index contributed by atoms with van der Waals surface area (Å²) < 4.78 is 5.04. The third kappa shape index (κ3) is 9.73. The largest absolute Gasteiger partial charge is 0.466 e. The number of carbonyl (C=O) groups is 2. The Bertz CT molecular complexity index is 421. The second-order valence-corrected chi connectivity index (χ2v) is 8.39. The summed E-state index contributed by atoms with van der Waals surface area (Å²) in [5.41, 5.74) is 0. The van der Waals surface area contributed by atoms with Crippen molar-refractivity contribution >= 4 is 11.8 Å². The molecule has 4 nitrogen and oxygen atoms in total. The van der Waals surface area contributed by atoms with E-state index in [9.17, 15) is 14.7 Å². The molecular weight excluding hydrogens is 340 g/mol. The highest BCUT2D eigenvalue weighted by Gasteiger charge is 2.33. The highest BCUT2D eigenvalue weighted by molar-refractivity contribution is 5.83. The Labute approximate surface area is 166 Å². The summed E-state index contributed by atoms with van der Waals surface area (Å²) in [6.45, 7) is 6.37. The van der Waals surface area contributed by atoms with Crippen LogP contribution in [0.15, 0.2) is 0 Å². The third-order valence-electron chi connectivity index (χ3n) is 6.09. The number of rotatable bonds is 15. The topological polar surface area (TPSA) is 63.6 Å². The first-order valence-corrected chi connectivity index (χ1v) is 11.4. The first-order valence-electron chi connectivity index (χ1n) is 11.4. The molecule has 0 aliphatic heterocycles. The lowest BCUT2D eigenvalue weighted by Gasteiger charge is -2.19. The van der Waals surface area contributed by atoms with Gasteiger partial charge in [-0.1, -0.05) is 52.4 Å². The Balaban J connectivity index is 2.20. The van der Waals surface area contributed by atoms with Crippen LogP contribution in [0.3, 0.4) is 0 Å². The SMILES string of the molecule is CCCCC(O)CCC[C@H]1CCC(=O)[C@@H]1CCCCCC(C)C(=O)OCC. The Morgan fingerprint density at radius 3 is 2.52 bits per heavy atom. The molecule has 0 aromatic heterocycles. The maximum Gasteiger partial charge on any atom is 0.308 e. The van der Waals surface area contributed by atoms with Gasteiger partial charge in [-0.3, -0.25) is 9.59 Å². The van der Waals surface area contributed by atoms with Crippen LogP contribution in [0.25, 0.3) is 0 Å². The van der Waals surface area contributed by atoms with Crippen LogP contribution in [0.2, 0.25) is 0 Å². The molecule has 0 aromatic rings. The van der Waals surface area contributed by atoms with Crippen LogP contribution < -0.4 is 0 Å². The molecule has 4 heteroatoms. The zero-order chi connectivity index (χ0) is 20.1. The second kappa shape index (κ2) is 14.1. The van der Waals surface area contributed by atoms with Gasteiger partial charge in [-0.15, -0.1) is 0 Å². The molecule has 27 heavy (non-hydrogen) atoms. The zero-order valence-corrected chi connectivity index (χ0v) is 17.9. The highest BCUT2D eigenvalue weighted by atomic mass is 16.5. The van der Waals surface area contributed by atoms with Crippen LogP contribution in [0.5, 0.6) is 0 Å². The Kier molecular flexibility index (Phi) is 12.6. The van der Waals surface area contributed by atoms with Crippen LogP contribution in [0, 0.1) is 17.8 Å². The number of carbonyl (C=O) groups excluding carboxylic acids is 2. The molecule has 0 heterocycles. The molecule has 158 valence electrons. The van der Waals surface area contributed by atoms with Gasteiger partial charge in [-0.25, -0.2) is 0 Å². The molecule has 1 rings (SSSR count). The van der Waals surface area contributed by atoms with E-state index >= 15 is 0 Å². The molecule has 0 amide bonds. The van der Waals surface area contributed by atoms with Gasteiger partial charge >= 0.3 is 5.97 Å². The molecule has 1 fully saturated rings. The standard InChI is InChI=1S/C23H42O4/c1-4-6-13-20(24)14-10-12-19-16-17-22(25)21(19)15-9-7-8-11-18(3)23(26)27-5-2/h18-21,24H,4-17H2,1-3H3/t18?,19-,20?,21+/m0/s1. The summed E-state index contributed by atoms with van der Waals surface area (Å²) in [6.07, 6.45) is 12.8. The fourth-order valence-electron chi connectivity index (χ4n) is 4.31. The van der Waals surface area contributed by atoms with E-state index in [4.69, 9.17) is 4.74 Å². The van der Waals surface area contributed by atoms with Crippen molar-refractivity contribution in [2.75, 3.05) is 6.61 Å². The summed E-state index contributed by atoms with van der Waals surface area (Å²) >= 11 is 0. The third-order valence-corrected chi connectivity index (χ3v) is 6.09. The number of aliphatic hydroxyl groups excluding tert-OH is 1. The molecule has 0 spiro atoms. The van der Waals surface area contributed by atoms with Crippen molar-refractivity contribution in [2.24, 2.45) is 17.8 Å². The van der Waals surface area contributed by atoms with Gasteiger partial charge < -0.3 is 9.84 Å². The van der Waals surface area contributed by atoms with E-state index in [0.29, 0.717) is 18.3 Å². The molecule has 1 saturated carbocycles. The molecule has 0 aromatic carbocycles. The average molecular weight is 383 g/mol. The quantitative estimate of drug-likeness (QED) is 0.302. The van der Waals surface area contributed by atoms with Crippen molar-refractivity contribution in [3.8, 4) is 0 Å². The van der Waals surface area contributed by atoms with E-state index in [1.54, 1.807) is 0 Å². The molecule has 1 aliphatic carbocycles. The lowest BCUT2D eigenvalue weighted by molar-refractivity contribution is -0.147. The minimum absolute atomic E-state index is 0.0232. The molecule has 1 aliphatic rings. The Morgan fingerprint density at radius 2 is 1.81 bits per heavy atom. The Hall–Kier alpha value is -0.900. The van der Waals surface area contributed by atoms with Crippen molar-refractivity contribution in [1.29, 1.82) is 0 Å². The van der Waals surface area contributed by atoms with Crippen molar-refractivity contribution in [1.82, 2.24) is 0 Å². The number of aliphatic hydroxyl groups is 1. The van der Waals surface area contributed by atoms with E-state index in [0.717, 1.165) is 83.5 Å². The summed E-state index contributed by atoms with van der Waals surface area (Å²) in [4.78, 5) is 23.9. The second-order valence-electron chi connectivity index (χ2n) is 8.39. The molecule has 0 saturated heterocycles. The van der Waals surface area contributed by atoms with Crippen LogP contribution in [-0.4, -0.2) is 29.6 Å². The van der Waals surface area contributed by atoms with Gasteiger partial charge in [0.05, 0.1) is 18.6 Å². The lowest BCUT2D eigenvalue weighted by Crippen LogP contribution is -2.16. The molecule has 1 N–H and O–H groups in total. The van der Waals surface area contributed by atoms with Crippen molar-refractivity contribution in [3.63, 3.8) is 0 Å². The van der Waals surface area contributed by atoms with Gasteiger partial charge in [0.15, 0.2) is 0 Å². The predicted molar refractivity (Wildman–Crippen MR) is 109 cm³/mol. The fraction of sp³-hybridized carbons (Fsp3) is 0.913. The first-order chi connectivity index (χ1) is 13.0. The van der Waals surface area contributed by atoms with Gasteiger partial charge in [0.1, 0.15) is 5.78 Å². The molecule has 0 radical (unpaired) electrons. The van der Waals surface area contributed by atoms with E-state index < -0.39 is 0 Å². The van der Waals surface area contributed by atoms with E-state index in [2.05, 4.69) is 6.92 Å². The van der Waals surface area contributed by atoms with Crippen LogP contribution in [0.4, 0.5) is 0 Å². The van der Waals surface area contributed by atoms with E-state index in [1.165, 1.54) is 0 Å². The summed E-state index contributed by atoms with van der Waals surface area (Å²) in [5, 5.41) is 9.99. The maximum atomic E-state index is 12.2. The minimum atomic E-state index is -0.165. The Morgan fingerprint density at radius 1 is 1.07 bits per heavy atom. The number of esters is 1. The van der Waals surface area contributed by atoms with Crippen LogP contribution >= 0.6 is 0 Å². The normalized spacial score (nSPS) is 22.0. The molecular formula is C23H42O4. The molecule has 4 atom stereocenters. The smallest absolute Gasteiger partial charge is 0.308 e. The predicted octanol–water partition coefficient (Wildman–Crippen LogP) is 5.45. The highest BCUT2D eigenvalue weighted by Crippen LogP contribution is 2.36. The minimum Gasteiger partial charge on any atom is -0.466 e. The number of ketones is 1. The van der Waals surface area contributed by atoms with Gasteiger partial charge in [-0.05, 0) is 51.4 Å². The lowest BCUT2D eigenvalue weighted by atomic mass is 9.86. The van der Waals surface area contributed by atoms with Crippen molar-refractivity contribution < 1.29 is 19.4 Å². The number of hydrogen-bond acceptors (Lipinski definition) is 4. The molecule has 0 bridgehead atoms. The fourth-order valence-corrected chi connectivity index (χ4v) is 4.31. The van der Waals surface area contributed by atoms with Crippen molar-refractivity contribution in [3.05, 3.63) is 0 Å². The maximum absolute atomic E-state index is 12.2. The number of unbranched alkanes of at least 4 members (excludes halogenated alkanes) is 3. The van der Waals surface area contributed by atoms with Gasteiger partial charge in [-0.2, -0.15) is 0 Å². The zero-order valence-electron chi connectivity index (χ0n) is 17.9. The van der Waals surface area contributed by atoms with Crippen molar-refractivity contribution in [2.45, 2.75) is 110 Å². The van der Waals surface area contributed by atoms with Crippen LogP contribution in [-0.2, 0) is 14.3 Å². The first kappa shape index (κ1) is 24.1.